The van der Waals surface area contributed by atoms with Gasteiger partial charge in [-0.2, -0.15) is 5.26 Å². The molecule has 4 nitrogen and oxygen atoms in total. The van der Waals surface area contributed by atoms with Gasteiger partial charge in [-0.3, -0.25) is 4.79 Å². The first kappa shape index (κ1) is 20.7. The van der Waals surface area contributed by atoms with Crippen molar-refractivity contribution in [1.82, 2.24) is 4.57 Å². The van der Waals surface area contributed by atoms with Gasteiger partial charge in [0.25, 0.3) is 0 Å². The summed E-state index contributed by atoms with van der Waals surface area (Å²) in [6.45, 7) is 0.0994. The molecule has 0 fully saturated rings. The highest BCUT2D eigenvalue weighted by Crippen LogP contribution is 2.35. The Bertz CT molecular complexity index is 1410. The molecule has 0 bridgehead atoms. The molecule has 0 amide bonds. The molecule has 0 N–H and O–H groups in total. The zero-order valence-corrected chi connectivity index (χ0v) is 17.6. The van der Waals surface area contributed by atoms with Crippen LogP contribution in [0.1, 0.15) is 15.9 Å². The molecule has 4 rings (SSSR count). The number of hydrogen-bond acceptors (Lipinski definition) is 3. The predicted octanol–water partition coefficient (Wildman–Crippen LogP) is 5.65. The number of ether oxygens (including phenoxy) is 1. The van der Waals surface area contributed by atoms with E-state index in [4.69, 9.17) is 11.2 Å². The fourth-order valence-corrected chi connectivity index (χ4v) is 3.85. The third kappa shape index (κ3) is 3.78. The minimum Gasteiger partial charge on any atom is -0.480 e. The van der Waals surface area contributed by atoms with E-state index in [2.05, 4.69) is 12.0 Å². The summed E-state index contributed by atoms with van der Waals surface area (Å²) in [5, 5.41) is 10.7. The molecular weight excluding hydrogens is 396 g/mol. The SMILES string of the molecule is C#CCOc1ccccc1/C=C(\C#N)C(=O)c1c(-c2ccccc2)n(C)c2ccccc12. The van der Waals surface area contributed by atoms with Crippen LogP contribution in [0.4, 0.5) is 0 Å². The molecule has 0 radical (unpaired) electrons. The van der Waals surface area contributed by atoms with Gasteiger partial charge in [0.15, 0.2) is 0 Å². The summed E-state index contributed by atoms with van der Waals surface area (Å²) in [6.07, 6.45) is 6.87. The smallest absolute Gasteiger partial charge is 0.206 e. The summed E-state index contributed by atoms with van der Waals surface area (Å²) in [4.78, 5) is 13.7. The standard InChI is InChI=1S/C28H20N2O2/c1-3-17-32-25-16-10-7-13-21(25)18-22(19-29)28(31)26-23-14-8-9-15-24(23)30(2)27(26)20-11-5-4-6-12-20/h1,4-16,18H,17H2,2H3/b22-18+. The van der Waals surface area contributed by atoms with Crippen molar-refractivity contribution in [1.29, 1.82) is 5.26 Å². The van der Waals surface area contributed by atoms with Gasteiger partial charge >= 0.3 is 0 Å². The first-order valence-electron chi connectivity index (χ1n) is 10.1. The number of benzene rings is 3. The molecule has 0 spiro atoms. The largest absolute Gasteiger partial charge is 0.480 e. The van der Waals surface area contributed by atoms with E-state index in [0.717, 1.165) is 22.2 Å². The molecule has 0 atom stereocenters. The van der Waals surface area contributed by atoms with Crippen molar-refractivity contribution < 1.29 is 9.53 Å². The van der Waals surface area contributed by atoms with E-state index in [1.807, 2.05) is 78.3 Å². The lowest BCUT2D eigenvalue weighted by molar-refractivity contribution is 0.104. The van der Waals surface area contributed by atoms with Gasteiger partial charge in [0.05, 0.1) is 11.3 Å². The average Bonchev–Trinajstić information content (AvgIpc) is 3.14. The van der Waals surface area contributed by atoms with Crippen LogP contribution in [0.15, 0.2) is 84.4 Å². The van der Waals surface area contributed by atoms with Crippen molar-refractivity contribution in [3.05, 3.63) is 95.6 Å². The summed E-state index contributed by atoms with van der Waals surface area (Å²) in [7, 11) is 1.93. The molecule has 0 unspecified atom stereocenters. The Hall–Kier alpha value is -4.54. The van der Waals surface area contributed by atoms with Crippen molar-refractivity contribution >= 4 is 22.8 Å². The van der Waals surface area contributed by atoms with E-state index in [9.17, 15) is 10.1 Å². The zero-order chi connectivity index (χ0) is 22.5. The fraction of sp³-hybridized carbons (Fsp3) is 0.0714. The van der Waals surface area contributed by atoms with Gasteiger partial charge in [0.1, 0.15) is 24.0 Å². The molecular formula is C28H20N2O2. The third-order valence-electron chi connectivity index (χ3n) is 5.28. The summed E-state index contributed by atoms with van der Waals surface area (Å²) in [6, 6.07) is 26.7. The predicted molar refractivity (Wildman–Crippen MR) is 127 cm³/mol. The van der Waals surface area contributed by atoms with E-state index >= 15 is 0 Å². The number of hydrogen-bond donors (Lipinski definition) is 0. The summed E-state index contributed by atoms with van der Waals surface area (Å²) < 4.78 is 7.58. The van der Waals surface area contributed by atoms with Crippen LogP contribution in [0.5, 0.6) is 5.75 Å². The van der Waals surface area contributed by atoms with Crippen molar-refractivity contribution in [3.63, 3.8) is 0 Å². The highest BCUT2D eigenvalue weighted by atomic mass is 16.5. The number of nitrogens with zero attached hydrogens (tertiary/aromatic N) is 2. The lowest BCUT2D eigenvalue weighted by atomic mass is 9.96. The van der Waals surface area contributed by atoms with E-state index < -0.39 is 0 Å². The molecule has 0 saturated heterocycles. The van der Waals surface area contributed by atoms with Gasteiger partial charge in [-0.1, -0.05) is 72.7 Å². The van der Waals surface area contributed by atoms with Crippen LogP contribution in [0.2, 0.25) is 0 Å². The number of para-hydroxylation sites is 2. The van der Waals surface area contributed by atoms with Crippen molar-refractivity contribution in [2.24, 2.45) is 7.05 Å². The van der Waals surface area contributed by atoms with Crippen LogP contribution in [-0.2, 0) is 7.05 Å². The average molecular weight is 416 g/mol. The third-order valence-corrected chi connectivity index (χ3v) is 5.28. The topological polar surface area (TPSA) is 55.0 Å². The van der Waals surface area contributed by atoms with E-state index in [-0.39, 0.29) is 18.0 Å². The number of terminal acetylenes is 1. The number of allylic oxidation sites excluding steroid dienone is 1. The number of fused-ring (bicyclic) bond motifs is 1. The van der Waals surface area contributed by atoms with Gasteiger partial charge < -0.3 is 9.30 Å². The van der Waals surface area contributed by atoms with Crippen LogP contribution >= 0.6 is 0 Å². The molecule has 0 aliphatic heterocycles. The van der Waals surface area contributed by atoms with Gasteiger partial charge in [-0.15, -0.1) is 6.42 Å². The Balaban J connectivity index is 1.90. The van der Waals surface area contributed by atoms with Gasteiger partial charge in [-0.25, -0.2) is 0 Å². The van der Waals surface area contributed by atoms with E-state index in [1.165, 1.54) is 0 Å². The second-order valence-electron chi connectivity index (χ2n) is 7.20. The minimum atomic E-state index is -0.338. The van der Waals surface area contributed by atoms with E-state index in [0.29, 0.717) is 16.9 Å². The summed E-state index contributed by atoms with van der Waals surface area (Å²) >= 11 is 0. The number of nitriles is 1. The van der Waals surface area contributed by atoms with Crippen LogP contribution in [-0.4, -0.2) is 17.0 Å². The van der Waals surface area contributed by atoms with Crippen LogP contribution in [0.3, 0.4) is 0 Å². The van der Waals surface area contributed by atoms with Crippen LogP contribution in [0.25, 0.3) is 28.2 Å². The molecule has 1 aromatic heterocycles. The Morgan fingerprint density at radius 2 is 1.72 bits per heavy atom. The fourth-order valence-electron chi connectivity index (χ4n) is 3.85. The second-order valence-corrected chi connectivity index (χ2v) is 7.20. The molecule has 0 saturated carbocycles. The maximum absolute atomic E-state index is 13.7. The number of aromatic nitrogens is 1. The molecule has 4 heteroatoms. The van der Waals surface area contributed by atoms with Crippen LogP contribution in [0, 0.1) is 23.7 Å². The first-order chi connectivity index (χ1) is 15.7. The maximum Gasteiger partial charge on any atom is 0.206 e. The molecule has 0 aliphatic carbocycles. The molecule has 154 valence electrons. The molecule has 32 heavy (non-hydrogen) atoms. The second kappa shape index (κ2) is 9.08. The number of carbonyl (C=O) groups is 1. The minimum absolute atomic E-state index is 0.0234. The van der Waals surface area contributed by atoms with Gasteiger partial charge in [-0.05, 0) is 23.8 Å². The first-order valence-corrected chi connectivity index (χ1v) is 10.1. The monoisotopic (exact) mass is 416 g/mol. The van der Waals surface area contributed by atoms with Gasteiger partial charge in [0.2, 0.25) is 5.78 Å². The molecule has 1 heterocycles. The number of rotatable bonds is 6. The molecule has 4 aromatic rings. The molecule has 3 aromatic carbocycles. The lowest BCUT2D eigenvalue weighted by Gasteiger charge is -2.09. The normalized spacial score (nSPS) is 11.0. The summed E-state index contributed by atoms with van der Waals surface area (Å²) in [5.41, 5.74) is 3.75. The summed E-state index contributed by atoms with van der Waals surface area (Å²) in [5.74, 6) is 2.61. The highest BCUT2D eigenvalue weighted by molar-refractivity contribution is 6.23. The van der Waals surface area contributed by atoms with Crippen LogP contribution < -0.4 is 4.74 Å². The quantitative estimate of drug-likeness (QED) is 0.177. The number of carbonyl (C=O) groups excluding carboxylic acids is 1. The van der Waals surface area contributed by atoms with Crippen molar-refractivity contribution in [2.45, 2.75) is 0 Å². The Morgan fingerprint density at radius 1 is 1.03 bits per heavy atom. The number of ketones is 1. The highest BCUT2D eigenvalue weighted by Gasteiger charge is 2.24. The van der Waals surface area contributed by atoms with Crippen molar-refractivity contribution in [2.75, 3.05) is 6.61 Å². The maximum atomic E-state index is 13.7. The lowest BCUT2D eigenvalue weighted by Crippen LogP contribution is -2.05. The van der Waals surface area contributed by atoms with Gasteiger partial charge in [0, 0.05) is 23.5 Å². The number of Topliss-reactive ketones (excluding diaryl/α,β-unsaturated/α-hetero) is 1. The van der Waals surface area contributed by atoms with E-state index in [1.54, 1.807) is 18.2 Å². The zero-order valence-electron chi connectivity index (χ0n) is 17.6. The molecule has 0 aliphatic rings. The Labute approximate surface area is 187 Å². The Morgan fingerprint density at radius 3 is 2.47 bits per heavy atom. The van der Waals surface area contributed by atoms with Crippen molar-refractivity contribution in [3.8, 4) is 35.4 Å². The number of aryl methyl sites for hydroxylation is 1. The Kier molecular flexibility index (Phi) is 5.88.